The lowest BCUT2D eigenvalue weighted by Gasteiger charge is -2.17. The molecule has 0 aromatic heterocycles. The van der Waals surface area contributed by atoms with E-state index in [9.17, 15) is 13.2 Å². The fraction of sp³-hybridized carbons (Fsp3) is 0.136. The maximum absolute atomic E-state index is 13.0. The molecule has 1 amide bonds. The second-order valence-electron chi connectivity index (χ2n) is 6.63. The number of anilines is 2. The van der Waals surface area contributed by atoms with Crippen LogP contribution in [0.3, 0.4) is 0 Å². The zero-order chi connectivity index (χ0) is 23.3. The highest BCUT2D eigenvalue weighted by Gasteiger charge is 2.23. The van der Waals surface area contributed by atoms with Gasteiger partial charge in [-0.25, -0.2) is 8.42 Å². The lowest BCUT2D eigenvalue weighted by molar-refractivity contribution is -0.122. The van der Waals surface area contributed by atoms with Gasteiger partial charge in [-0.15, -0.1) is 0 Å². The van der Waals surface area contributed by atoms with Crippen LogP contribution in [0.4, 0.5) is 11.4 Å². The summed E-state index contributed by atoms with van der Waals surface area (Å²) in [6.07, 6.45) is -0.890. The van der Waals surface area contributed by atoms with Crippen molar-refractivity contribution < 1.29 is 22.7 Å². The summed E-state index contributed by atoms with van der Waals surface area (Å²) >= 11 is 12.1. The van der Waals surface area contributed by atoms with Crippen LogP contribution in [0.2, 0.25) is 10.0 Å². The van der Waals surface area contributed by atoms with Gasteiger partial charge in [-0.2, -0.15) is 0 Å². The Morgan fingerprint density at radius 2 is 1.59 bits per heavy atom. The average Bonchev–Trinajstić information content (AvgIpc) is 2.76. The van der Waals surface area contributed by atoms with E-state index in [0.29, 0.717) is 10.8 Å². The Morgan fingerprint density at radius 3 is 2.25 bits per heavy atom. The number of sulfonamides is 1. The molecule has 0 saturated heterocycles. The molecular formula is C22H20Cl2N2O5S. The van der Waals surface area contributed by atoms with Crippen molar-refractivity contribution in [1.82, 2.24) is 0 Å². The molecule has 0 saturated carbocycles. The first-order valence-corrected chi connectivity index (χ1v) is 11.6. The smallest absolute Gasteiger partial charge is 0.265 e. The minimum Gasteiger partial charge on any atom is -0.495 e. The molecule has 0 spiro atoms. The highest BCUT2D eigenvalue weighted by atomic mass is 35.5. The molecular weight excluding hydrogens is 475 g/mol. The van der Waals surface area contributed by atoms with Crippen LogP contribution < -0.4 is 19.5 Å². The molecule has 7 nitrogen and oxygen atoms in total. The van der Waals surface area contributed by atoms with Crippen LogP contribution in [0.1, 0.15) is 6.92 Å². The second-order valence-corrected chi connectivity index (χ2v) is 9.10. The summed E-state index contributed by atoms with van der Waals surface area (Å²) in [4.78, 5) is 12.4. The van der Waals surface area contributed by atoms with Gasteiger partial charge in [-0.05, 0) is 49.4 Å². The van der Waals surface area contributed by atoms with Gasteiger partial charge in [-0.1, -0.05) is 47.5 Å². The average molecular weight is 495 g/mol. The number of rotatable bonds is 8. The summed E-state index contributed by atoms with van der Waals surface area (Å²) in [6, 6.07) is 17.5. The number of methoxy groups -OCH3 is 1. The molecule has 3 rings (SSSR count). The Morgan fingerprint density at radius 1 is 0.938 bits per heavy atom. The molecule has 2 N–H and O–H groups in total. The van der Waals surface area contributed by atoms with Crippen LogP contribution in [0.25, 0.3) is 0 Å². The number of hydrogen-bond acceptors (Lipinski definition) is 5. The van der Waals surface area contributed by atoms with Crippen molar-refractivity contribution in [3.63, 3.8) is 0 Å². The molecule has 0 fully saturated rings. The van der Waals surface area contributed by atoms with E-state index in [1.165, 1.54) is 31.4 Å². The maximum atomic E-state index is 13.0. The zero-order valence-corrected chi connectivity index (χ0v) is 19.5. The summed E-state index contributed by atoms with van der Waals surface area (Å²) in [6.45, 7) is 1.55. The Balaban J connectivity index is 1.82. The number of ether oxygens (including phenoxy) is 2. The monoisotopic (exact) mass is 494 g/mol. The highest BCUT2D eigenvalue weighted by Crippen LogP contribution is 2.31. The van der Waals surface area contributed by atoms with Crippen molar-refractivity contribution >= 4 is 50.5 Å². The van der Waals surface area contributed by atoms with E-state index in [1.807, 2.05) is 0 Å². The Labute approximate surface area is 196 Å². The standard InChI is InChI=1S/C22H20Cl2N2O5S/c1-14(31-19-10-6-4-8-17(19)24)22(27)25-15-11-12-20(30-2)21(13-15)32(28,29)26-18-9-5-3-7-16(18)23/h3-14,26H,1-2H3,(H,25,27). The molecule has 1 unspecified atom stereocenters. The van der Waals surface area contributed by atoms with E-state index in [2.05, 4.69) is 10.0 Å². The van der Waals surface area contributed by atoms with Gasteiger partial charge in [0, 0.05) is 5.69 Å². The van der Waals surface area contributed by atoms with E-state index >= 15 is 0 Å². The van der Waals surface area contributed by atoms with Crippen LogP contribution in [-0.2, 0) is 14.8 Å². The number of para-hydroxylation sites is 2. The molecule has 3 aromatic carbocycles. The molecule has 3 aromatic rings. The second kappa shape index (κ2) is 10.1. The van der Waals surface area contributed by atoms with Gasteiger partial charge in [0.1, 0.15) is 16.4 Å². The molecule has 0 aliphatic heterocycles. The van der Waals surface area contributed by atoms with Crippen LogP contribution in [0, 0.1) is 0 Å². The quantitative estimate of drug-likeness (QED) is 0.448. The van der Waals surface area contributed by atoms with Gasteiger partial charge in [-0.3, -0.25) is 9.52 Å². The van der Waals surface area contributed by atoms with Crippen molar-refractivity contribution in [1.29, 1.82) is 0 Å². The summed E-state index contributed by atoms with van der Waals surface area (Å²) < 4.78 is 39.2. The number of carbonyl (C=O) groups excluding carboxylic acids is 1. The van der Waals surface area contributed by atoms with Crippen molar-refractivity contribution in [2.75, 3.05) is 17.1 Å². The number of benzene rings is 3. The molecule has 0 bridgehead atoms. The lowest BCUT2D eigenvalue weighted by Crippen LogP contribution is -2.30. The van der Waals surface area contributed by atoms with E-state index < -0.39 is 22.0 Å². The SMILES string of the molecule is COc1ccc(NC(=O)C(C)Oc2ccccc2Cl)cc1S(=O)(=O)Nc1ccccc1Cl. The van der Waals surface area contributed by atoms with Gasteiger partial charge in [0.2, 0.25) is 0 Å². The zero-order valence-electron chi connectivity index (χ0n) is 17.1. The molecule has 0 radical (unpaired) electrons. The fourth-order valence-corrected chi connectivity index (χ4v) is 4.43. The number of halogens is 2. The van der Waals surface area contributed by atoms with Crippen LogP contribution >= 0.6 is 23.2 Å². The normalized spacial score (nSPS) is 12.0. The predicted octanol–water partition coefficient (Wildman–Crippen LogP) is 5.21. The number of nitrogens with one attached hydrogen (secondary N) is 2. The Hall–Kier alpha value is -2.94. The molecule has 32 heavy (non-hydrogen) atoms. The first-order valence-electron chi connectivity index (χ1n) is 9.38. The third kappa shape index (κ3) is 5.64. The first kappa shape index (κ1) is 23.7. The third-order valence-corrected chi connectivity index (χ3v) is 6.38. The summed E-state index contributed by atoms with van der Waals surface area (Å²) in [5, 5.41) is 3.25. The van der Waals surface area contributed by atoms with E-state index in [0.717, 1.165) is 0 Å². The van der Waals surface area contributed by atoms with Crippen molar-refractivity contribution in [2.24, 2.45) is 0 Å². The minimum absolute atomic E-state index is 0.0999. The van der Waals surface area contributed by atoms with Crippen LogP contribution in [-0.4, -0.2) is 27.5 Å². The molecule has 0 aliphatic carbocycles. The summed E-state index contributed by atoms with van der Waals surface area (Å²) in [7, 11) is -2.72. The summed E-state index contributed by atoms with van der Waals surface area (Å²) in [5.41, 5.74) is 0.456. The molecule has 10 heteroatoms. The van der Waals surface area contributed by atoms with Gasteiger partial charge >= 0.3 is 0 Å². The molecule has 168 valence electrons. The fourth-order valence-electron chi connectivity index (χ4n) is 2.74. The van der Waals surface area contributed by atoms with Crippen molar-refractivity contribution in [2.45, 2.75) is 17.9 Å². The van der Waals surface area contributed by atoms with Crippen molar-refractivity contribution in [3.05, 3.63) is 76.8 Å². The van der Waals surface area contributed by atoms with E-state index in [1.54, 1.807) is 49.4 Å². The minimum atomic E-state index is -4.07. The van der Waals surface area contributed by atoms with Gasteiger partial charge in [0.25, 0.3) is 15.9 Å². The van der Waals surface area contributed by atoms with Gasteiger partial charge in [0.15, 0.2) is 6.10 Å². The third-order valence-electron chi connectivity index (χ3n) is 4.35. The predicted molar refractivity (Wildman–Crippen MR) is 125 cm³/mol. The van der Waals surface area contributed by atoms with E-state index in [4.69, 9.17) is 32.7 Å². The summed E-state index contributed by atoms with van der Waals surface area (Å²) in [5.74, 6) is -0.0285. The first-order chi connectivity index (χ1) is 15.2. The maximum Gasteiger partial charge on any atom is 0.265 e. The Bertz CT molecular complexity index is 1230. The molecule has 0 heterocycles. The number of amides is 1. The van der Waals surface area contributed by atoms with Crippen molar-refractivity contribution in [3.8, 4) is 11.5 Å². The van der Waals surface area contributed by atoms with Gasteiger partial charge < -0.3 is 14.8 Å². The topological polar surface area (TPSA) is 93.7 Å². The Kier molecular flexibility index (Phi) is 7.50. The largest absolute Gasteiger partial charge is 0.495 e. The number of carbonyl (C=O) groups is 1. The highest BCUT2D eigenvalue weighted by molar-refractivity contribution is 7.92. The van der Waals surface area contributed by atoms with Crippen LogP contribution in [0.5, 0.6) is 11.5 Å². The van der Waals surface area contributed by atoms with Crippen LogP contribution in [0.15, 0.2) is 71.6 Å². The molecule has 0 aliphatic rings. The molecule has 1 atom stereocenters. The van der Waals surface area contributed by atoms with Gasteiger partial charge in [0.05, 0.1) is 22.8 Å². The van der Waals surface area contributed by atoms with E-state index in [-0.39, 0.29) is 27.0 Å². The number of hydrogen-bond donors (Lipinski definition) is 2. The lowest BCUT2D eigenvalue weighted by atomic mass is 10.2.